The topological polar surface area (TPSA) is 44.8 Å². The van der Waals surface area contributed by atoms with E-state index in [-0.39, 0.29) is 18.6 Å². The van der Waals surface area contributed by atoms with Gasteiger partial charge in [0.1, 0.15) is 0 Å². The van der Waals surface area contributed by atoms with Crippen molar-refractivity contribution in [3.8, 4) is 0 Å². The van der Waals surface area contributed by atoms with Gasteiger partial charge in [0.15, 0.2) is 0 Å². The maximum absolute atomic E-state index is 12.2. The first-order valence-electron chi connectivity index (χ1n) is 6.36. The highest BCUT2D eigenvalue weighted by atomic mass is 19.4. The van der Waals surface area contributed by atoms with Crippen LogP contribution in [0.3, 0.4) is 0 Å². The number of halogens is 3. The molecule has 1 unspecified atom stereocenters. The molecule has 0 aromatic rings. The lowest BCUT2D eigenvalue weighted by Crippen LogP contribution is -2.50. The zero-order valence-corrected chi connectivity index (χ0v) is 10.6. The Kier molecular flexibility index (Phi) is 4.51. The Hall–Kier alpha value is -1.02. The van der Waals surface area contributed by atoms with E-state index in [1.54, 1.807) is 4.90 Å². The fourth-order valence-corrected chi connectivity index (χ4v) is 2.38. The van der Waals surface area contributed by atoms with Crippen molar-refractivity contribution in [2.45, 2.75) is 18.6 Å². The summed E-state index contributed by atoms with van der Waals surface area (Å²) in [6, 6.07) is -0.403. The van der Waals surface area contributed by atoms with Gasteiger partial charge in [-0.05, 0) is 6.42 Å². The number of hydrogen-bond acceptors (Lipinski definition) is 3. The van der Waals surface area contributed by atoms with E-state index in [2.05, 4.69) is 5.32 Å². The van der Waals surface area contributed by atoms with Gasteiger partial charge in [0, 0.05) is 32.2 Å². The molecule has 0 saturated carbocycles. The van der Waals surface area contributed by atoms with Crippen LogP contribution in [-0.4, -0.2) is 74.0 Å². The molecule has 2 aliphatic heterocycles. The van der Waals surface area contributed by atoms with Gasteiger partial charge in [-0.3, -0.25) is 4.90 Å². The van der Waals surface area contributed by atoms with E-state index >= 15 is 0 Å². The Bertz CT molecular complexity index is 319. The van der Waals surface area contributed by atoms with Crippen molar-refractivity contribution in [2.75, 3.05) is 45.9 Å². The van der Waals surface area contributed by atoms with Crippen LogP contribution in [-0.2, 0) is 4.74 Å². The van der Waals surface area contributed by atoms with E-state index < -0.39 is 12.7 Å². The molecule has 8 heteroatoms. The fraction of sp³-hybridized carbons (Fsp3) is 0.909. The van der Waals surface area contributed by atoms with Crippen LogP contribution in [0, 0.1) is 0 Å². The summed E-state index contributed by atoms with van der Waals surface area (Å²) in [6.45, 7) is 1.81. The first-order chi connectivity index (χ1) is 8.94. The predicted octanol–water partition coefficient (Wildman–Crippen LogP) is 0.665. The lowest BCUT2D eigenvalue weighted by molar-refractivity contribution is -0.143. The van der Waals surface area contributed by atoms with Crippen LogP contribution in [0.2, 0.25) is 0 Å². The summed E-state index contributed by atoms with van der Waals surface area (Å²) in [6.07, 6.45) is -3.62. The first kappa shape index (κ1) is 14.4. The average Bonchev–Trinajstić information content (AvgIpc) is 2.75. The van der Waals surface area contributed by atoms with Crippen LogP contribution in [0.1, 0.15) is 6.42 Å². The molecule has 5 nitrogen and oxygen atoms in total. The number of likely N-dealkylation sites (tertiary alicyclic amines) is 1. The number of morpholine rings is 1. The van der Waals surface area contributed by atoms with Crippen LogP contribution >= 0.6 is 0 Å². The molecule has 0 radical (unpaired) electrons. The van der Waals surface area contributed by atoms with Gasteiger partial charge >= 0.3 is 12.2 Å². The number of ether oxygens (including phenoxy) is 1. The molecule has 0 aromatic carbocycles. The molecule has 0 aliphatic carbocycles. The van der Waals surface area contributed by atoms with Crippen molar-refractivity contribution in [3.63, 3.8) is 0 Å². The average molecular weight is 281 g/mol. The number of nitrogens with one attached hydrogen (secondary N) is 1. The first-order valence-corrected chi connectivity index (χ1v) is 6.36. The second kappa shape index (κ2) is 5.96. The van der Waals surface area contributed by atoms with Crippen molar-refractivity contribution < 1.29 is 22.7 Å². The Morgan fingerprint density at radius 3 is 2.58 bits per heavy atom. The van der Waals surface area contributed by atoms with Crippen LogP contribution < -0.4 is 5.32 Å². The van der Waals surface area contributed by atoms with Crippen LogP contribution in [0.15, 0.2) is 0 Å². The third kappa shape index (κ3) is 4.54. The zero-order chi connectivity index (χ0) is 13.9. The molecule has 2 aliphatic rings. The molecule has 0 spiro atoms. The molecule has 1 N–H and O–H groups in total. The number of alkyl halides is 3. The molecule has 2 amide bonds. The normalized spacial score (nSPS) is 25.6. The Morgan fingerprint density at radius 2 is 1.95 bits per heavy atom. The SMILES string of the molecule is O=C(NC1CCN(CC(F)(F)F)C1)N1CCOCC1. The summed E-state index contributed by atoms with van der Waals surface area (Å²) in [7, 11) is 0. The number of nitrogens with zero attached hydrogens (tertiary/aromatic N) is 2. The van der Waals surface area contributed by atoms with Gasteiger partial charge in [-0.25, -0.2) is 4.79 Å². The third-order valence-corrected chi connectivity index (χ3v) is 3.30. The van der Waals surface area contributed by atoms with Gasteiger partial charge in [0.25, 0.3) is 0 Å². The highest BCUT2D eigenvalue weighted by Crippen LogP contribution is 2.20. The van der Waals surface area contributed by atoms with Crippen molar-refractivity contribution >= 4 is 6.03 Å². The zero-order valence-electron chi connectivity index (χ0n) is 10.6. The second-order valence-electron chi connectivity index (χ2n) is 4.88. The van der Waals surface area contributed by atoms with Gasteiger partial charge in [-0.1, -0.05) is 0 Å². The maximum Gasteiger partial charge on any atom is 0.401 e. The van der Waals surface area contributed by atoms with Crippen molar-refractivity contribution in [3.05, 3.63) is 0 Å². The number of carbonyl (C=O) groups excluding carboxylic acids is 1. The summed E-state index contributed by atoms with van der Waals surface area (Å²) in [5.41, 5.74) is 0. The second-order valence-corrected chi connectivity index (χ2v) is 4.88. The maximum atomic E-state index is 12.2. The number of hydrogen-bond donors (Lipinski definition) is 1. The van der Waals surface area contributed by atoms with Gasteiger partial charge < -0.3 is 15.0 Å². The number of amides is 2. The molecule has 2 saturated heterocycles. The van der Waals surface area contributed by atoms with E-state index in [1.807, 2.05) is 0 Å². The minimum atomic E-state index is -4.18. The minimum Gasteiger partial charge on any atom is -0.378 e. The predicted molar refractivity (Wildman–Crippen MR) is 61.8 cm³/mol. The van der Waals surface area contributed by atoms with E-state index in [0.29, 0.717) is 39.3 Å². The molecule has 1 atom stereocenters. The molecule has 2 rings (SSSR count). The molecule has 110 valence electrons. The largest absolute Gasteiger partial charge is 0.401 e. The van der Waals surface area contributed by atoms with Gasteiger partial charge in [-0.15, -0.1) is 0 Å². The summed E-state index contributed by atoms with van der Waals surface area (Å²) in [5, 5.41) is 2.79. The van der Waals surface area contributed by atoms with Crippen molar-refractivity contribution in [1.82, 2.24) is 15.1 Å². The standard InChI is InChI=1S/C11H18F3N3O2/c12-11(13,14)8-16-2-1-9(7-16)15-10(18)17-3-5-19-6-4-17/h9H,1-8H2,(H,15,18). The van der Waals surface area contributed by atoms with Crippen LogP contribution in [0.4, 0.5) is 18.0 Å². The van der Waals surface area contributed by atoms with Crippen LogP contribution in [0.25, 0.3) is 0 Å². The monoisotopic (exact) mass is 281 g/mol. The van der Waals surface area contributed by atoms with E-state index in [1.165, 1.54) is 4.90 Å². The molecule has 0 bridgehead atoms. The van der Waals surface area contributed by atoms with Crippen LogP contribution in [0.5, 0.6) is 0 Å². The minimum absolute atomic E-state index is 0.197. The Labute approximate surface area is 109 Å². The van der Waals surface area contributed by atoms with E-state index in [0.717, 1.165) is 0 Å². The Balaban J connectivity index is 1.73. The number of urea groups is 1. The molecule has 0 aromatic heterocycles. The third-order valence-electron chi connectivity index (χ3n) is 3.30. The van der Waals surface area contributed by atoms with Gasteiger partial charge in [0.2, 0.25) is 0 Å². The van der Waals surface area contributed by atoms with E-state index in [4.69, 9.17) is 4.74 Å². The number of carbonyl (C=O) groups is 1. The van der Waals surface area contributed by atoms with Crippen molar-refractivity contribution in [1.29, 1.82) is 0 Å². The molecule has 2 fully saturated rings. The van der Waals surface area contributed by atoms with Gasteiger partial charge in [0.05, 0.1) is 19.8 Å². The summed E-state index contributed by atoms with van der Waals surface area (Å²) >= 11 is 0. The fourth-order valence-electron chi connectivity index (χ4n) is 2.38. The van der Waals surface area contributed by atoms with Crippen molar-refractivity contribution in [2.24, 2.45) is 0 Å². The smallest absolute Gasteiger partial charge is 0.378 e. The summed E-state index contributed by atoms with van der Waals surface area (Å²) in [5.74, 6) is 0. The summed E-state index contributed by atoms with van der Waals surface area (Å²) in [4.78, 5) is 14.8. The lowest BCUT2D eigenvalue weighted by Gasteiger charge is -2.28. The van der Waals surface area contributed by atoms with E-state index in [9.17, 15) is 18.0 Å². The highest BCUT2D eigenvalue weighted by molar-refractivity contribution is 5.74. The molecular formula is C11H18F3N3O2. The quantitative estimate of drug-likeness (QED) is 0.809. The van der Waals surface area contributed by atoms with Gasteiger partial charge in [-0.2, -0.15) is 13.2 Å². The number of rotatable bonds is 2. The molecule has 2 heterocycles. The lowest BCUT2D eigenvalue weighted by atomic mass is 10.3. The molecule has 19 heavy (non-hydrogen) atoms. The summed E-state index contributed by atoms with van der Waals surface area (Å²) < 4.78 is 41.8. The molecular weight excluding hydrogens is 263 g/mol. The Morgan fingerprint density at radius 1 is 1.26 bits per heavy atom. The highest BCUT2D eigenvalue weighted by Gasteiger charge is 2.35.